The maximum absolute atomic E-state index is 11.0. The largest absolute Gasteiger partial charge is 0.303 e. The average molecular weight is 278 g/mol. The van der Waals surface area contributed by atoms with E-state index in [1.807, 2.05) is 0 Å². The number of nitro benzene ring substituents is 1. The Morgan fingerprint density at radius 2 is 2.21 bits per heavy atom. The molecule has 1 aromatic rings. The summed E-state index contributed by atoms with van der Waals surface area (Å²) in [6, 6.07) is 6.31. The van der Waals surface area contributed by atoms with E-state index in [0.29, 0.717) is 22.2 Å². The minimum atomic E-state index is -0.465. The molecule has 0 spiro atoms. The van der Waals surface area contributed by atoms with Crippen LogP contribution in [0.2, 0.25) is 0 Å². The number of amides is 1. The number of amidine groups is 1. The van der Waals surface area contributed by atoms with Crippen molar-refractivity contribution in [3.8, 4) is 0 Å². The lowest BCUT2D eigenvalue weighted by Gasteiger charge is -2.00. The Hall–Kier alpha value is -2.22. The summed E-state index contributed by atoms with van der Waals surface area (Å²) in [5, 5.41) is 21.6. The maximum atomic E-state index is 11.0. The number of carbonyl (C=O) groups is 1. The van der Waals surface area contributed by atoms with Gasteiger partial charge in [-0.3, -0.25) is 14.9 Å². The van der Waals surface area contributed by atoms with Crippen molar-refractivity contribution >= 4 is 34.2 Å². The summed E-state index contributed by atoms with van der Waals surface area (Å²) < 4.78 is 0. The molecule has 8 heteroatoms. The van der Waals surface area contributed by atoms with Crippen LogP contribution in [-0.4, -0.2) is 27.5 Å². The summed E-state index contributed by atoms with van der Waals surface area (Å²) in [4.78, 5) is 21.4. The Morgan fingerprint density at radius 1 is 1.47 bits per heavy atom. The van der Waals surface area contributed by atoms with Gasteiger partial charge in [0, 0.05) is 6.07 Å². The molecule has 1 N–H and O–H groups in total. The SMILES string of the molecule is C/C(=N/N=C1\NC(=O)CS1)c1ccccc1[N+](=O)[O-]. The molecule has 0 aliphatic carbocycles. The molecule has 7 nitrogen and oxygen atoms in total. The Kier molecular flexibility index (Phi) is 3.91. The van der Waals surface area contributed by atoms with Gasteiger partial charge < -0.3 is 5.32 Å². The highest BCUT2D eigenvalue weighted by Gasteiger charge is 2.17. The van der Waals surface area contributed by atoms with Crippen molar-refractivity contribution in [1.82, 2.24) is 5.32 Å². The van der Waals surface area contributed by atoms with Gasteiger partial charge in [0.1, 0.15) is 0 Å². The van der Waals surface area contributed by atoms with Crippen LogP contribution in [0.15, 0.2) is 34.5 Å². The van der Waals surface area contributed by atoms with Gasteiger partial charge in [0.15, 0.2) is 5.17 Å². The third-order valence-electron chi connectivity index (χ3n) is 2.37. The van der Waals surface area contributed by atoms with Gasteiger partial charge >= 0.3 is 0 Å². The summed E-state index contributed by atoms with van der Waals surface area (Å²) in [5.74, 6) is 0.195. The Morgan fingerprint density at radius 3 is 2.84 bits per heavy atom. The lowest BCUT2D eigenvalue weighted by Crippen LogP contribution is -2.19. The maximum Gasteiger partial charge on any atom is 0.278 e. The van der Waals surface area contributed by atoms with Crippen molar-refractivity contribution in [2.45, 2.75) is 6.92 Å². The monoisotopic (exact) mass is 278 g/mol. The van der Waals surface area contributed by atoms with Gasteiger partial charge in [0.05, 0.1) is 22.0 Å². The van der Waals surface area contributed by atoms with E-state index >= 15 is 0 Å². The summed E-state index contributed by atoms with van der Waals surface area (Å²) in [7, 11) is 0. The van der Waals surface area contributed by atoms with Crippen LogP contribution in [0.4, 0.5) is 5.69 Å². The van der Waals surface area contributed by atoms with Crippen molar-refractivity contribution in [2.75, 3.05) is 5.75 Å². The first-order valence-corrected chi connectivity index (χ1v) is 6.35. The van der Waals surface area contributed by atoms with E-state index in [-0.39, 0.29) is 11.6 Å². The molecular weight excluding hydrogens is 268 g/mol. The zero-order valence-electron chi connectivity index (χ0n) is 9.99. The van der Waals surface area contributed by atoms with Crippen LogP contribution >= 0.6 is 11.8 Å². The van der Waals surface area contributed by atoms with Crippen molar-refractivity contribution < 1.29 is 9.72 Å². The number of rotatable bonds is 3. The number of para-hydroxylation sites is 1. The molecule has 0 radical (unpaired) electrons. The fourth-order valence-electron chi connectivity index (χ4n) is 1.49. The molecule has 0 unspecified atom stereocenters. The fourth-order valence-corrected chi connectivity index (χ4v) is 2.12. The topological polar surface area (TPSA) is 97.0 Å². The van der Waals surface area contributed by atoms with Crippen molar-refractivity contribution in [1.29, 1.82) is 0 Å². The summed E-state index contributed by atoms with van der Waals surface area (Å²) in [6.45, 7) is 1.63. The van der Waals surface area contributed by atoms with E-state index in [1.165, 1.54) is 17.8 Å². The minimum absolute atomic E-state index is 0.0212. The van der Waals surface area contributed by atoms with Gasteiger partial charge in [-0.2, -0.15) is 5.10 Å². The number of benzene rings is 1. The van der Waals surface area contributed by atoms with Crippen LogP contribution in [0.5, 0.6) is 0 Å². The van der Waals surface area contributed by atoms with Crippen LogP contribution < -0.4 is 5.32 Å². The highest BCUT2D eigenvalue weighted by molar-refractivity contribution is 8.15. The molecule has 0 saturated carbocycles. The average Bonchev–Trinajstić information content (AvgIpc) is 2.81. The first-order valence-electron chi connectivity index (χ1n) is 5.36. The predicted octanol–water partition coefficient (Wildman–Crippen LogP) is 1.54. The number of nitrogens with one attached hydrogen (secondary N) is 1. The van der Waals surface area contributed by atoms with Crippen LogP contribution in [0, 0.1) is 10.1 Å². The zero-order valence-corrected chi connectivity index (χ0v) is 10.8. The molecule has 0 atom stereocenters. The van der Waals surface area contributed by atoms with E-state index < -0.39 is 4.92 Å². The molecule has 1 aliphatic rings. The lowest BCUT2D eigenvalue weighted by molar-refractivity contribution is -0.385. The number of nitrogens with zero attached hydrogens (tertiary/aromatic N) is 3. The number of carbonyl (C=O) groups excluding carboxylic acids is 1. The van der Waals surface area contributed by atoms with E-state index in [0.717, 1.165) is 0 Å². The summed E-state index contributed by atoms with van der Waals surface area (Å²) in [5.41, 5.74) is 0.805. The number of thioether (sulfide) groups is 1. The molecule has 1 aromatic carbocycles. The van der Waals surface area contributed by atoms with E-state index in [9.17, 15) is 14.9 Å². The number of nitro groups is 1. The second-order valence-electron chi connectivity index (χ2n) is 3.70. The van der Waals surface area contributed by atoms with Gasteiger partial charge in [-0.1, -0.05) is 23.9 Å². The predicted molar refractivity (Wildman–Crippen MR) is 73.3 cm³/mol. The molecule has 1 heterocycles. The zero-order chi connectivity index (χ0) is 13.8. The Bertz CT molecular complexity index is 597. The standard InChI is InChI=1S/C11H10N4O3S/c1-7(13-14-11-12-10(16)6-19-11)8-4-2-3-5-9(8)15(17)18/h2-5H,6H2,1H3,(H,12,14,16)/b13-7-. The van der Waals surface area contributed by atoms with Gasteiger partial charge in [-0.05, 0) is 13.0 Å². The normalized spacial score (nSPS) is 17.6. The third-order valence-corrected chi connectivity index (χ3v) is 3.23. The van der Waals surface area contributed by atoms with E-state index in [2.05, 4.69) is 15.5 Å². The van der Waals surface area contributed by atoms with Crippen LogP contribution in [0.1, 0.15) is 12.5 Å². The molecule has 98 valence electrons. The number of hydrogen-bond acceptors (Lipinski definition) is 6. The highest BCUT2D eigenvalue weighted by Crippen LogP contribution is 2.18. The summed E-state index contributed by atoms with van der Waals surface area (Å²) in [6.07, 6.45) is 0. The van der Waals surface area contributed by atoms with Crippen molar-refractivity contribution in [3.63, 3.8) is 0 Å². The molecule has 1 saturated heterocycles. The lowest BCUT2D eigenvalue weighted by atomic mass is 10.1. The quantitative estimate of drug-likeness (QED) is 0.515. The van der Waals surface area contributed by atoms with Gasteiger partial charge in [0.25, 0.3) is 5.69 Å². The van der Waals surface area contributed by atoms with Gasteiger partial charge in [0.2, 0.25) is 5.91 Å². The van der Waals surface area contributed by atoms with Crippen LogP contribution in [-0.2, 0) is 4.79 Å². The Labute approximate surface area is 112 Å². The van der Waals surface area contributed by atoms with Crippen molar-refractivity contribution in [2.24, 2.45) is 10.2 Å². The molecular formula is C11H10N4O3S. The van der Waals surface area contributed by atoms with E-state index in [4.69, 9.17) is 0 Å². The Balaban J connectivity index is 2.27. The second-order valence-corrected chi connectivity index (χ2v) is 4.67. The molecule has 19 heavy (non-hydrogen) atoms. The first-order chi connectivity index (χ1) is 9.08. The minimum Gasteiger partial charge on any atom is -0.303 e. The highest BCUT2D eigenvalue weighted by atomic mass is 32.2. The molecule has 0 bridgehead atoms. The fraction of sp³-hybridized carbons (Fsp3) is 0.182. The summed E-state index contributed by atoms with van der Waals surface area (Å²) >= 11 is 1.25. The van der Waals surface area contributed by atoms with Crippen LogP contribution in [0.3, 0.4) is 0 Å². The van der Waals surface area contributed by atoms with Crippen molar-refractivity contribution in [3.05, 3.63) is 39.9 Å². The molecule has 1 amide bonds. The first kappa shape index (κ1) is 13.2. The van der Waals surface area contributed by atoms with Gasteiger partial charge in [-0.15, -0.1) is 5.10 Å². The van der Waals surface area contributed by atoms with E-state index in [1.54, 1.807) is 25.1 Å². The van der Waals surface area contributed by atoms with Crippen LogP contribution in [0.25, 0.3) is 0 Å². The molecule has 1 aliphatic heterocycles. The number of hydrogen-bond donors (Lipinski definition) is 1. The van der Waals surface area contributed by atoms with Gasteiger partial charge in [-0.25, -0.2) is 0 Å². The smallest absolute Gasteiger partial charge is 0.278 e. The molecule has 1 fully saturated rings. The third kappa shape index (κ3) is 3.16. The second kappa shape index (κ2) is 5.61. The molecule has 2 rings (SSSR count). The molecule has 0 aromatic heterocycles.